The Bertz CT molecular complexity index is 355. The maximum Gasteiger partial charge on any atom is 0.233 e. The van der Waals surface area contributed by atoms with Crippen molar-refractivity contribution in [3.8, 4) is 6.19 Å². The molecule has 2 N–H and O–H groups in total. The molecule has 1 rings (SSSR count). The van der Waals surface area contributed by atoms with Crippen molar-refractivity contribution in [2.45, 2.75) is 13.8 Å². The second kappa shape index (κ2) is 3.00. The Balaban J connectivity index is 3.12. The third-order valence-electron chi connectivity index (χ3n) is 1.26. The zero-order valence-electron chi connectivity index (χ0n) is 6.81. The first-order valence-electron chi connectivity index (χ1n) is 3.28. The van der Waals surface area contributed by atoms with Crippen LogP contribution >= 0.6 is 0 Å². The Morgan fingerprint density at radius 1 is 1.67 bits per heavy atom. The predicted octanol–water partition coefficient (Wildman–Crippen LogP) is -0.461. The second-order valence-electron chi connectivity index (χ2n) is 2.19. The molecule has 62 valence electrons. The highest BCUT2D eigenvalue weighted by Crippen LogP contribution is 1.93. The van der Waals surface area contributed by atoms with Crippen molar-refractivity contribution < 1.29 is 0 Å². The van der Waals surface area contributed by atoms with Crippen LogP contribution in [0.4, 0.5) is 0 Å². The largest absolute Gasteiger partial charge is 0.367 e. The summed E-state index contributed by atoms with van der Waals surface area (Å²) in [5.41, 5.74) is 5.41. The van der Waals surface area contributed by atoms with Crippen molar-refractivity contribution in [3.05, 3.63) is 11.6 Å². The van der Waals surface area contributed by atoms with Gasteiger partial charge in [-0.25, -0.2) is 4.98 Å². The van der Waals surface area contributed by atoms with E-state index < -0.39 is 0 Å². The van der Waals surface area contributed by atoms with Crippen molar-refractivity contribution in [1.29, 1.82) is 5.26 Å². The van der Waals surface area contributed by atoms with Crippen LogP contribution in [0.2, 0.25) is 0 Å². The summed E-state index contributed by atoms with van der Waals surface area (Å²) in [7, 11) is 0. The quantitative estimate of drug-likeness (QED) is 0.319. The van der Waals surface area contributed by atoms with Crippen LogP contribution in [0.25, 0.3) is 0 Å². The van der Waals surface area contributed by atoms with Gasteiger partial charge in [0.15, 0.2) is 0 Å². The van der Waals surface area contributed by atoms with Crippen LogP contribution in [0.1, 0.15) is 11.6 Å². The van der Waals surface area contributed by atoms with Crippen molar-refractivity contribution >= 4 is 5.96 Å². The summed E-state index contributed by atoms with van der Waals surface area (Å²) in [5, 5.41) is 12.1. The minimum absolute atomic E-state index is 0.0376. The number of hydrogen-bond donors (Lipinski definition) is 1. The van der Waals surface area contributed by atoms with E-state index in [1.807, 2.05) is 0 Å². The average Bonchev–Trinajstić information content (AvgIpc) is 2.30. The molecule has 0 bridgehead atoms. The Kier molecular flexibility index (Phi) is 2.05. The smallest absolute Gasteiger partial charge is 0.233 e. The van der Waals surface area contributed by atoms with Gasteiger partial charge in [-0.15, -0.1) is 10.1 Å². The average molecular weight is 164 g/mol. The molecule has 0 aliphatic heterocycles. The molecule has 1 heterocycles. The fraction of sp³-hybridized carbons (Fsp3) is 0.333. The highest BCUT2D eigenvalue weighted by Gasteiger charge is 2.04. The zero-order chi connectivity index (χ0) is 9.14. The summed E-state index contributed by atoms with van der Waals surface area (Å²) >= 11 is 0. The van der Waals surface area contributed by atoms with Gasteiger partial charge < -0.3 is 5.73 Å². The summed E-state index contributed by atoms with van der Waals surface area (Å²) in [5.74, 6) is 1.25. The molecule has 0 aliphatic rings. The lowest BCUT2D eigenvalue weighted by Crippen LogP contribution is -2.24. The fourth-order valence-corrected chi connectivity index (χ4v) is 0.837. The van der Waals surface area contributed by atoms with Gasteiger partial charge in [0.25, 0.3) is 0 Å². The topological polar surface area (TPSA) is 92.9 Å². The van der Waals surface area contributed by atoms with E-state index in [-0.39, 0.29) is 5.96 Å². The maximum absolute atomic E-state index is 8.22. The van der Waals surface area contributed by atoms with Crippen LogP contribution in [0, 0.1) is 25.3 Å². The van der Waals surface area contributed by atoms with Crippen LogP contribution in [0.3, 0.4) is 0 Å². The molecule has 6 nitrogen and oxygen atoms in total. The zero-order valence-corrected chi connectivity index (χ0v) is 6.81. The molecule has 0 saturated carbocycles. The van der Waals surface area contributed by atoms with E-state index in [0.717, 1.165) is 0 Å². The van der Waals surface area contributed by atoms with Gasteiger partial charge in [0.2, 0.25) is 12.2 Å². The number of aromatic nitrogens is 3. The Morgan fingerprint density at radius 3 is 2.75 bits per heavy atom. The van der Waals surface area contributed by atoms with Crippen LogP contribution in [0.5, 0.6) is 0 Å². The monoisotopic (exact) mass is 164 g/mol. The SMILES string of the molecule is Cc1nc(C)n(C(N)=NC#N)n1. The number of nitrogens with two attached hydrogens (primary N) is 1. The molecule has 1 aromatic heterocycles. The second-order valence-corrected chi connectivity index (χ2v) is 2.19. The van der Waals surface area contributed by atoms with Crippen molar-refractivity contribution in [2.75, 3.05) is 0 Å². The molecule has 0 spiro atoms. The minimum Gasteiger partial charge on any atom is -0.367 e. The van der Waals surface area contributed by atoms with Gasteiger partial charge in [-0.2, -0.15) is 9.94 Å². The molecule has 0 aliphatic carbocycles. The van der Waals surface area contributed by atoms with E-state index in [9.17, 15) is 0 Å². The summed E-state index contributed by atoms with van der Waals surface area (Å²) in [4.78, 5) is 7.33. The number of aliphatic imine (C=N–C) groups is 1. The van der Waals surface area contributed by atoms with Gasteiger partial charge in [-0.1, -0.05) is 0 Å². The molecule has 6 heteroatoms. The van der Waals surface area contributed by atoms with E-state index in [0.29, 0.717) is 11.6 Å². The third-order valence-corrected chi connectivity index (χ3v) is 1.26. The van der Waals surface area contributed by atoms with Crippen molar-refractivity contribution in [2.24, 2.45) is 10.7 Å². The first-order valence-corrected chi connectivity index (χ1v) is 3.28. The normalized spacial score (nSPS) is 11.2. The summed E-state index contributed by atoms with van der Waals surface area (Å²) in [6.45, 7) is 3.48. The Labute approximate surface area is 69.3 Å². The third kappa shape index (κ3) is 1.40. The minimum atomic E-state index is 0.0376. The fourth-order valence-electron chi connectivity index (χ4n) is 0.837. The summed E-state index contributed by atoms with van der Waals surface area (Å²) in [6.07, 6.45) is 1.58. The van der Waals surface area contributed by atoms with E-state index >= 15 is 0 Å². The Morgan fingerprint density at radius 2 is 2.33 bits per heavy atom. The van der Waals surface area contributed by atoms with Crippen LogP contribution < -0.4 is 5.73 Å². The number of hydrogen-bond acceptors (Lipinski definition) is 4. The molecule has 0 amide bonds. The first kappa shape index (κ1) is 8.20. The molecular weight excluding hydrogens is 156 g/mol. The number of nitriles is 1. The predicted molar refractivity (Wildman–Crippen MR) is 42.1 cm³/mol. The maximum atomic E-state index is 8.22. The van der Waals surface area contributed by atoms with Gasteiger partial charge in [0.05, 0.1) is 0 Å². The molecule has 0 fully saturated rings. The van der Waals surface area contributed by atoms with Crippen molar-refractivity contribution in [1.82, 2.24) is 14.8 Å². The lowest BCUT2D eigenvalue weighted by Gasteiger charge is -1.96. The van der Waals surface area contributed by atoms with Gasteiger partial charge in [-0.05, 0) is 13.8 Å². The molecule has 0 unspecified atom stereocenters. The van der Waals surface area contributed by atoms with E-state index in [1.165, 1.54) is 4.68 Å². The van der Waals surface area contributed by atoms with Crippen molar-refractivity contribution in [3.63, 3.8) is 0 Å². The number of aryl methyl sites for hydroxylation is 2. The molecular formula is C6H8N6. The first-order chi connectivity index (χ1) is 5.65. The van der Waals surface area contributed by atoms with Gasteiger partial charge >= 0.3 is 0 Å². The van der Waals surface area contributed by atoms with E-state index in [4.69, 9.17) is 11.0 Å². The lowest BCUT2D eigenvalue weighted by atomic mass is 10.7. The Hall–Kier alpha value is -1.90. The molecule has 0 saturated heterocycles. The van der Waals surface area contributed by atoms with Gasteiger partial charge in [0.1, 0.15) is 11.6 Å². The standard InChI is InChI=1S/C6H8N6/c1-4-10-5(2)12(11-4)6(8)9-3-7/h1-2H3,(H2,8,9). The molecule has 0 atom stereocenters. The highest BCUT2D eigenvalue weighted by atomic mass is 15.4. The molecule has 1 aromatic rings. The molecule has 0 radical (unpaired) electrons. The van der Waals surface area contributed by atoms with E-state index in [2.05, 4.69) is 15.1 Å². The summed E-state index contributed by atoms with van der Waals surface area (Å²) < 4.78 is 1.32. The lowest BCUT2D eigenvalue weighted by molar-refractivity contribution is 0.868. The van der Waals surface area contributed by atoms with Crippen LogP contribution in [-0.2, 0) is 0 Å². The van der Waals surface area contributed by atoms with E-state index in [1.54, 1.807) is 20.0 Å². The molecule has 0 aromatic carbocycles. The van der Waals surface area contributed by atoms with Crippen LogP contribution in [0.15, 0.2) is 4.99 Å². The highest BCUT2D eigenvalue weighted by molar-refractivity contribution is 5.80. The number of rotatable bonds is 0. The van der Waals surface area contributed by atoms with Crippen LogP contribution in [-0.4, -0.2) is 20.7 Å². The molecule has 12 heavy (non-hydrogen) atoms. The van der Waals surface area contributed by atoms with Gasteiger partial charge in [-0.3, -0.25) is 0 Å². The number of nitrogens with zero attached hydrogens (tertiary/aromatic N) is 5. The van der Waals surface area contributed by atoms with Gasteiger partial charge in [0, 0.05) is 0 Å². The summed E-state index contributed by atoms with van der Waals surface area (Å²) in [6, 6.07) is 0.